The van der Waals surface area contributed by atoms with Crippen molar-refractivity contribution in [1.82, 2.24) is 39.7 Å². The standard InChI is InChI=1S/C24H28N8O3/c1-29-10-8-26-22(33)11-18-13-30(12-17-4-6-25-7-5-17)16-21(18)32-15-19(27-28-32)14-31-9-2-3-20(23(29)34)24(31)35/h2-7,9,15,18,21H,8,10-14,16H2,1H3,(H,26,33)/t18-,21+/m0/s1. The lowest BCUT2D eigenvalue weighted by atomic mass is 9.99. The molecule has 2 aliphatic rings. The fourth-order valence-corrected chi connectivity index (χ4v) is 4.84. The summed E-state index contributed by atoms with van der Waals surface area (Å²) in [5.74, 6) is -0.400. The van der Waals surface area contributed by atoms with E-state index < -0.39 is 0 Å². The van der Waals surface area contributed by atoms with Crippen LogP contribution in [0.4, 0.5) is 0 Å². The molecule has 1 N–H and O–H groups in total. The number of hydrogen-bond donors (Lipinski definition) is 1. The van der Waals surface area contributed by atoms with Crippen LogP contribution < -0.4 is 10.9 Å². The van der Waals surface area contributed by atoms with Gasteiger partial charge in [-0.2, -0.15) is 0 Å². The molecule has 2 aliphatic heterocycles. The molecule has 2 atom stereocenters. The number of aromatic nitrogens is 5. The van der Waals surface area contributed by atoms with E-state index in [0.717, 1.165) is 25.2 Å². The molecule has 3 aromatic rings. The molecule has 5 heterocycles. The van der Waals surface area contributed by atoms with Crippen molar-refractivity contribution in [2.24, 2.45) is 5.92 Å². The minimum atomic E-state index is -0.378. The van der Waals surface area contributed by atoms with Crippen LogP contribution in [0, 0.1) is 5.92 Å². The van der Waals surface area contributed by atoms with Crippen LogP contribution in [0.25, 0.3) is 0 Å². The summed E-state index contributed by atoms with van der Waals surface area (Å²) in [5, 5.41) is 11.6. The summed E-state index contributed by atoms with van der Waals surface area (Å²) < 4.78 is 3.30. The number of likely N-dealkylation sites (N-methyl/N-ethyl adjacent to an activating group) is 1. The summed E-state index contributed by atoms with van der Waals surface area (Å²) in [4.78, 5) is 46.4. The van der Waals surface area contributed by atoms with E-state index in [2.05, 4.69) is 25.5 Å². The van der Waals surface area contributed by atoms with E-state index in [1.54, 1.807) is 31.7 Å². The van der Waals surface area contributed by atoms with E-state index >= 15 is 0 Å². The van der Waals surface area contributed by atoms with Crippen molar-refractivity contribution >= 4 is 11.8 Å². The van der Waals surface area contributed by atoms with E-state index in [1.165, 1.54) is 15.5 Å². The van der Waals surface area contributed by atoms with Gasteiger partial charge in [0.15, 0.2) is 0 Å². The van der Waals surface area contributed by atoms with Crippen LogP contribution in [-0.2, 0) is 17.9 Å². The zero-order valence-electron chi connectivity index (χ0n) is 19.6. The Morgan fingerprint density at radius 3 is 2.77 bits per heavy atom. The van der Waals surface area contributed by atoms with Crippen LogP contribution in [0.15, 0.2) is 53.8 Å². The second-order valence-corrected chi connectivity index (χ2v) is 9.20. The minimum absolute atomic E-state index is 0.0240. The van der Waals surface area contributed by atoms with Crippen molar-refractivity contribution in [2.45, 2.75) is 25.6 Å². The third kappa shape index (κ3) is 4.99. The number of nitrogens with one attached hydrogen (secondary N) is 1. The third-order valence-electron chi connectivity index (χ3n) is 6.68. The van der Waals surface area contributed by atoms with Gasteiger partial charge in [0.05, 0.1) is 18.8 Å². The number of fused-ring (bicyclic) bond motifs is 6. The Balaban J connectivity index is 1.44. The first-order valence-electron chi connectivity index (χ1n) is 11.7. The van der Waals surface area contributed by atoms with Gasteiger partial charge in [0.1, 0.15) is 11.3 Å². The molecule has 35 heavy (non-hydrogen) atoms. The van der Waals surface area contributed by atoms with Crippen molar-refractivity contribution in [3.05, 3.63) is 76.2 Å². The van der Waals surface area contributed by atoms with Gasteiger partial charge in [-0.05, 0) is 29.8 Å². The number of carbonyl (C=O) groups is 2. The molecule has 0 aromatic carbocycles. The predicted octanol–water partition coefficient (Wildman–Crippen LogP) is 0.148. The highest BCUT2D eigenvalue weighted by Gasteiger charge is 2.36. The quantitative estimate of drug-likeness (QED) is 0.559. The van der Waals surface area contributed by atoms with Gasteiger partial charge >= 0.3 is 0 Å². The maximum atomic E-state index is 13.0. The lowest BCUT2D eigenvalue weighted by Crippen LogP contribution is -2.39. The van der Waals surface area contributed by atoms with E-state index in [9.17, 15) is 14.4 Å². The monoisotopic (exact) mass is 476 g/mol. The topological polar surface area (TPSA) is 118 Å². The number of amides is 2. The van der Waals surface area contributed by atoms with Crippen LogP contribution in [0.3, 0.4) is 0 Å². The molecule has 1 saturated heterocycles. The third-order valence-corrected chi connectivity index (χ3v) is 6.68. The molecule has 11 nitrogen and oxygen atoms in total. The average Bonchev–Trinajstić information content (AvgIpc) is 3.46. The van der Waals surface area contributed by atoms with Crippen molar-refractivity contribution < 1.29 is 9.59 Å². The van der Waals surface area contributed by atoms with Crippen molar-refractivity contribution in [1.29, 1.82) is 0 Å². The second kappa shape index (κ2) is 9.79. The Hall–Kier alpha value is -3.86. The lowest BCUT2D eigenvalue weighted by Gasteiger charge is -2.20. The Morgan fingerprint density at radius 2 is 1.94 bits per heavy atom. The molecule has 2 amide bonds. The Bertz CT molecular complexity index is 1270. The highest BCUT2D eigenvalue weighted by atomic mass is 16.2. The fraction of sp³-hybridized carbons (Fsp3) is 0.417. The number of pyridine rings is 2. The summed E-state index contributed by atoms with van der Waals surface area (Å²) in [7, 11) is 1.63. The van der Waals surface area contributed by atoms with E-state index in [4.69, 9.17) is 0 Å². The highest BCUT2D eigenvalue weighted by Crippen LogP contribution is 2.31. The summed E-state index contributed by atoms with van der Waals surface area (Å²) in [6, 6.07) is 7.17. The van der Waals surface area contributed by atoms with Gasteiger partial charge < -0.3 is 14.8 Å². The summed E-state index contributed by atoms with van der Waals surface area (Å²) in [5.41, 5.74) is 1.49. The van der Waals surface area contributed by atoms with Crippen LogP contribution in [0.2, 0.25) is 0 Å². The number of rotatable bonds is 2. The van der Waals surface area contributed by atoms with E-state index in [0.29, 0.717) is 25.2 Å². The van der Waals surface area contributed by atoms with Crippen molar-refractivity contribution in [3.63, 3.8) is 0 Å². The molecule has 0 spiro atoms. The first kappa shape index (κ1) is 22.9. The molecule has 0 radical (unpaired) electrons. The van der Waals surface area contributed by atoms with Gasteiger partial charge in [-0.25, -0.2) is 4.68 Å². The molecular weight excluding hydrogens is 448 g/mol. The normalized spacial score (nSPS) is 21.6. The first-order chi connectivity index (χ1) is 17.0. The van der Waals surface area contributed by atoms with Gasteiger partial charge in [0.2, 0.25) is 5.91 Å². The summed E-state index contributed by atoms with van der Waals surface area (Å²) >= 11 is 0. The van der Waals surface area contributed by atoms with Crippen LogP contribution in [0.5, 0.6) is 0 Å². The fourth-order valence-electron chi connectivity index (χ4n) is 4.84. The van der Waals surface area contributed by atoms with Gasteiger partial charge in [0.25, 0.3) is 11.5 Å². The maximum Gasteiger partial charge on any atom is 0.263 e. The molecule has 182 valence electrons. The lowest BCUT2D eigenvalue weighted by molar-refractivity contribution is -0.122. The molecule has 11 heteroatoms. The molecule has 0 aliphatic carbocycles. The Morgan fingerprint density at radius 1 is 1.11 bits per heavy atom. The van der Waals surface area contributed by atoms with Crippen LogP contribution in [-0.4, -0.2) is 79.4 Å². The molecule has 3 aromatic heterocycles. The average molecular weight is 477 g/mol. The van der Waals surface area contributed by atoms with E-state index in [-0.39, 0.29) is 41.4 Å². The van der Waals surface area contributed by atoms with Crippen LogP contribution in [0.1, 0.15) is 34.1 Å². The largest absolute Gasteiger partial charge is 0.354 e. The van der Waals surface area contributed by atoms with Crippen molar-refractivity contribution in [3.8, 4) is 0 Å². The smallest absolute Gasteiger partial charge is 0.263 e. The van der Waals surface area contributed by atoms with E-state index in [1.807, 2.05) is 23.0 Å². The number of nitrogens with zero attached hydrogens (tertiary/aromatic N) is 7. The summed E-state index contributed by atoms with van der Waals surface area (Å²) in [6.07, 6.45) is 7.40. The zero-order chi connectivity index (χ0) is 24.4. The first-order valence-corrected chi connectivity index (χ1v) is 11.7. The molecule has 5 rings (SSSR count). The van der Waals surface area contributed by atoms with Crippen molar-refractivity contribution in [2.75, 3.05) is 33.2 Å². The maximum absolute atomic E-state index is 13.0. The molecular formula is C24H28N8O3. The Labute approximate surface area is 202 Å². The molecule has 1 fully saturated rings. The van der Waals surface area contributed by atoms with Gasteiger partial charge in [-0.15, -0.1) is 5.10 Å². The van der Waals surface area contributed by atoms with Gasteiger partial charge in [-0.3, -0.25) is 24.3 Å². The summed E-state index contributed by atoms with van der Waals surface area (Å²) in [6.45, 7) is 3.07. The molecule has 4 bridgehead atoms. The second-order valence-electron chi connectivity index (χ2n) is 9.20. The predicted molar refractivity (Wildman–Crippen MR) is 126 cm³/mol. The Kier molecular flexibility index (Phi) is 6.41. The van der Waals surface area contributed by atoms with Crippen LogP contribution >= 0.6 is 0 Å². The SMILES string of the molecule is CN1CCNC(=O)C[C@H]2CN(Cc3ccncc3)C[C@H]2n2cc(nn2)Cn2cccc(c2=O)C1=O. The molecule has 0 saturated carbocycles. The van der Waals surface area contributed by atoms with Gasteiger partial charge in [-0.1, -0.05) is 5.21 Å². The minimum Gasteiger partial charge on any atom is -0.354 e. The zero-order valence-corrected chi connectivity index (χ0v) is 19.6. The molecule has 0 unspecified atom stereocenters. The van der Waals surface area contributed by atoms with Gasteiger partial charge in [0, 0.05) is 70.7 Å². The number of carbonyl (C=O) groups excluding carboxylic acids is 2. The highest BCUT2D eigenvalue weighted by molar-refractivity contribution is 5.93. The number of likely N-dealkylation sites (tertiary alicyclic amines) is 1. The number of hydrogen-bond acceptors (Lipinski definition) is 7.